The Bertz CT molecular complexity index is 725. The molecular weight excluding hydrogens is 487 g/mol. The van der Waals surface area contributed by atoms with Crippen molar-refractivity contribution in [3.05, 3.63) is 35.4 Å². The summed E-state index contributed by atoms with van der Waals surface area (Å²) in [6.07, 6.45) is 2.07. The first-order valence-electron chi connectivity index (χ1n) is 8.66. The lowest BCUT2D eigenvalue weighted by Crippen LogP contribution is -2.39. The lowest BCUT2D eigenvalue weighted by atomic mass is 9.90. The Hall–Kier alpha value is -0.970. The number of benzene rings is 1. The van der Waals surface area contributed by atoms with Crippen molar-refractivity contribution in [1.82, 2.24) is 10.6 Å². The van der Waals surface area contributed by atoms with Crippen LogP contribution in [-0.4, -0.2) is 46.0 Å². The Morgan fingerprint density at radius 1 is 1.22 bits per heavy atom. The average molecular weight is 517 g/mol. The molecule has 0 unspecified atom stereocenters. The third kappa shape index (κ3) is 11.5. The molecule has 156 valence electrons. The maximum atomic E-state index is 13.6. The van der Waals surface area contributed by atoms with Gasteiger partial charge in [0.1, 0.15) is 21.5 Å². The second kappa shape index (κ2) is 11.8. The van der Waals surface area contributed by atoms with Crippen molar-refractivity contribution in [3.63, 3.8) is 0 Å². The van der Waals surface area contributed by atoms with Gasteiger partial charge in [0.15, 0.2) is 5.96 Å². The largest absolute Gasteiger partial charge is 0.357 e. The molecule has 27 heavy (non-hydrogen) atoms. The first kappa shape index (κ1) is 26.0. The van der Waals surface area contributed by atoms with Crippen LogP contribution in [-0.2, 0) is 16.3 Å². The highest BCUT2D eigenvalue weighted by molar-refractivity contribution is 14.0. The van der Waals surface area contributed by atoms with E-state index in [4.69, 9.17) is 0 Å². The minimum absolute atomic E-state index is 0. The van der Waals surface area contributed by atoms with E-state index in [1.54, 1.807) is 0 Å². The SMILES string of the molecule is CCNC(=NCC(C)(C)CCS(C)(=O)=O)NCCc1cc(F)ccc1F.I. The molecule has 5 nitrogen and oxygen atoms in total. The van der Waals surface area contributed by atoms with E-state index in [1.165, 1.54) is 12.3 Å². The Kier molecular flexibility index (Phi) is 11.4. The van der Waals surface area contributed by atoms with Crippen LogP contribution in [0.3, 0.4) is 0 Å². The molecule has 0 bridgehead atoms. The fraction of sp³-hybridized carbons (Fsp3) is 0.611. The molecule has 0 aliphatic heterocycles. The maximum absolute atomic E-state index is 13.6. The van der Waals surface area contributed by atoms with Gasteiger partial charge in [0.2, 0.25) is 0 Å². The van der Waals surface area contributed by atoms with Crippen molar-refractivity contribution in [2.75, 3.05) is 31.6 Å². The number of nitrogens with one attached hydrogen (secondary N) is 2. The molecule has 9 heteroatoms. The lowest BCUT2D eigenvalue weighted by Gasteiger charge is -2.22. The van der Waals surface area contributed by atoms with Crippen molar-refractivity contribution in [2.45, 2.75) is 33.6 Å². The van der Waals surface area contributed by atoms with E-state index in [0.29, 0.717) is 44.0 Å². The summed E-state index contributed by atoms with van der Waals surface area (Å²) in [6, 6.07) is 3.40. The summed E-state index contributed by atoms with van der Waals surface area (Å²) in [5, 5.41) is 6.18. The molecule has 0 spiro atoms. The van der Waals surface area contributed by atoms with Gasteiger partial charge in [-0.2, -0.15) is 0 Å². The molecule has 2 N–H and O–H groups in total. The van der Waals surface area contributed by atoms with Crippen LogP contribution in [0.1, 0.15) is 32.8 Å². The molecule has 1 rings (SSSR count). The van der Waals surface area contributed by atoms with E-state index in [-0.39, 0.29) is 35.1 Å². The van der Waals surface area contributed by atoms with Gasteiger partial charge in [0, 0.05) is 25.9 Å². The maximum Gasteiger partial charge on any atom is 0.191 e. The van der Waals surface area contributed by atoms with Crippen molar-refractivity contribution < 1.29 is 17.2 Å². The second-order valence-electron chi connectivity index (χ2n) is 7.15. The van der Waals surface area contributed by atoms with Gasteiger partial charge in [0.05, 0.1) is 5.75 Å². The van der Waals surface area contributed by atoms with Crippen molar-refractivity contribution in [2.24, 2.45) is 10.4 Å². The quantitative estimate of drug-likeness (QED) is 0.300. The Morgan fingerprint density at radius 2 is 1.89 bits per heavy atom. The number of halogens is 3. The first-order valence-corrected chi connectivity index (χ1v) is 10.7. The Labute approximate surface area is 178 Å². The van der Waals surface area contributed by atoms with Crippen molar-refractivity contribution in [3.8, 4) is 0 Å². The van der Waals surface area contributed by atoms with Crippen molar-refractivity contribution in [1.29, 1.82) is 0 Å². The normalized spacial score (nSPS) is 12.4. The first-order chi connectivity index (χ1) is 12.0. The van der Waals surface area contributed by atoms with Gasteiger partial charge in [-0.15, -0.1) is 24.0 Å². The number of rotatable bonds is 9. The van der Waals surface area contributed by atoms with E-state index in [0.717, 1.165) is 12.1 Å². The van der Waals surface area contributed by atoms with E-state index < -0.39 is 21.5 Å². The van der Waals surface area contributed by atoms with Crippen LogP contribution in [0, 0.1) is 17.0 Å². The van der Waals surface area contributed by atoms with Crippen molar-refractivity contribution >= 4 is 39.8 Å². The zero-order valence-corrected chi connectivity index (χ0v) is 19.5. The highest BCUT2D eigenvalue weighted by Crippen LogP contribution is 2.21. The van der Waals surface area contributed by atoms with Gasteiger partial charge >= 0.3 is 0 Å². The topological polar surface area (TPSA) is 70.6 Å². The summed E-state index contributed by atoms with van der Waals surface area (Å²) < 4.78 is 49.5. The summed E-state index contributed by atoms with van der Waals surface area (Å²) in [7, 11) is -3.00. The number of hydrogen-bond donors (Lipinski definition) is 2. The third-order valence-electron chi connectivity index (χ3n) is 3.85. The van der Waals surface area contributed by atoms with Crippen LogP contribution in [0.5, 0.6) is 0 Å². The smallest absolute Gasteiger partial charge is 0.191 e. The molecule has 0 amide bonds. The summed E-state index contributed by atoms with van der Waals surface area (Å²) in [5.74, 6) is -0.207. The molecule has 0 heterocycles. The summed E-state index contributed by atoms with van der Waals surface area (Å²) in [6.45, 7) is 7.37. The van der Waals surface area contributed by atoms with Gasteiger partial charge in [-0.25, -0.2) is 17.2 Å². The standard InChI is InChI=1S/C18H29F2N3O2S.HI/c1-5-21-17(23-13-18(2,3)9-11-26(4,24)25)22-10-8-14-12-15(19)6-7-16(14)20;/h6-7,12H,5,8-11,13H2,1-4H3,(H2,21,22,23);1H. The number of aliphatic imine (C=N–C) groups is 1. The summed E-state index contributed by atoms with van der Waals surface area (Å²) >= 11 is 0. The fourth-order valence-corrected chi connectivity index (χ4v) is 3.15. The third-order valence-corrected chi connectivity index (χ3v) is 4.80. The minimum atomic E-state index is -3.00. The van der Waals surface area contributed by atoms with Gasteiger partial charge in [-0.05, 0) is 48.9 Å². The van der Waals surface area contributed by atoms with E-state index in [9.17, 15) is 17.2 Å². The van der Waals surface area contributed by atoms with Crippen LogP contribution in [0.15, 0.2) is 23.2 Å². The fourth-order valence-electron chi connectivity index (χ4n) is 2.23. The molecule has 0 atom stereocenters. The number of hydrogen-bond acceptors (Lipinski definition) is 3. The predicted octanol–water partition coefficient (Wildman–Crippen LogP) is 3.14. The molecule has 0 saturated heterocycles. The summed E-state index contributed by atoms with van der Waals surface area (Å²) in [4.78, 5) is 4.49. The van der Waals surface area contributed by atoms with Crippen LogP contribution < -0.4 is 10.6 Å². The van der Waals surface area contributed by atoms with Gasteiger partial charge in [-0.1, -0.05) is 13.8 Å². The average Bonchev–Trinajstić information content (AvgIpc) is 2.53. The summed E-state index contributed by atoms with van der Waals surface area (Å²) in [5.41, 5.74) is 0.0435. The van der Waals surface area contributed by atoms with Crippen LogP contribution in [0.2, 0.25) is 0 Å². The molecule has 0 saturated carbocycles. The highest BCUT2D eigenvalue weighted by Gasteiger charge is 2.20. The monoisotopic (exact) mass is 517 g/mol. The van der Waals surface area contributed by atoms with Crippen LogP contribution in [0.4, 0.5) is 8.78 Å². The van der Waals surface area contributed by atoms with Crippen LogP contribution >= 0.6 is 24.0 Å². The zero-order valence-electron chi connectivity index (χ0n) is 16.3. The molecule has 0 aliphatic rings. The predicted molar refractivity (Wildman–Crippen MR) is 118 cm³/mol. The van der Waals surface area contributed by atoms with E-state index in [2.05, 4.69) is 15.6 Å². The molecular formula is C18H30F2IN3O2S. The zero-order chi connectivity index (χ0) is 19.8. The molecule has 1 aromatic carbocycles. The highest BCUT2D eigenvalue weighted by atomic mass is 127. The van der Waals surface area contributed by atoms with Gasteiger partial charge in [0.25, 0.3) is 0 Å². The Balaban J connectivity index is 0.00000676. The Morgan fingerprint density at radius 3 is 2.48 bits per heavy atom. The van der Waals surface area contributed by atoms with E-state index in [1.807, 2.05) is 20.8 Å². The molecule has 1 aromatic rings. The van der Waals surface area contributed by atoms with Gasteiger partial charge < -0.3 is 10.6 Å². The second-order valence-corrected chi connectivity index (χ2v) is 9.41. The lowest BCUT2D eigenvalue weighted by molar-refractivity contribution is 0.365. The molecule has 0 aromatic heterocycles. The number of nitrogens with zero attached hydrogens (tertiary/aromatic N) is 1. The van der Waals surface area contributed by atoms with E-state index >= 15 is 0 Å². The molecule has 0 fully saturated rings. The van der Waals surface area contributed by atoms with Gasteiger partial charge in [-0.3, -0.25) is 4.99 Å². The number of guanidine groups is 1. The number of sulfone groups is 1. The molecule has 0 aliphatic carbocycles. The van der Waals surface area contributed by atoms with Crippen LogP contribution in [0.25, 0.3) is 0 Å². The minimum Gasteiger partial charge on any atom is -0.357 e. The molecule has 0 radical (unpaired) electrons.